The van der Waals surface area contributed by atoms with Crippen LogP contribution in [-0.2, 0) is 0 Å². The molecule has 0 saturated carbocycles. The molecule has 0 aromatic rings. The summed E-state index contributed by atoms with van der Waals surface area (Å²) < 4.78 is 0.734. The Hall–Kier alpha value is 0.160. The van der Waals surface area contributed by atoms with Crippen LogP contribution in [0.25, 0.3) is 0 Å². The first-order valence-corrected chi connectivity index (χ1v) is 3.79. The Bertz CT molecular complexity index is 84.1. The van der Waals surface area contributed by atoms with E-state index in [4.69, 9.17) is 10.8 Å². The molecule has 0 rings (SSSR count). The minimum absolute atomic E-state index is 0.0807. The second kappa shape index (κ2) is 5.30. The highest BCUT2D eigenvalue weighted by molar-refractivity contribution is 14.1. The number of hydrogen-bond acceptors (Lipinski definition) is 2. The van der Waals surface area contributed by atoms with Crippen LogP contribution in [0.5, 0.6) is 0 Å². The molecule has 0 fully saturated rings. The molecule has 8 heavy (non-hydrogen) atoms. The predicted octanol–water partition coefficient (Wildman–Crippen LogP) is -0.229. The Morgan fingerprint density at radius 2 is 2.38 bits per heavy atom. The summed E-state index contributed by atoms with van der Waals surface area (Å²) in [4.78, 5) is 3.80. The molecule has 0 heterocycles. The van der Waals surface area contributed by atoms with Crippen LogP contribution in [0.1, 0.15) is 0 Å². The average Bonchev–Trinajstić information content (AvgIpc) is 1.83. The predicted molar refractivity (Wildman–Crippen MR) is 42.5 cm³/mol. The van der Waals surface area contributed by atoms with Gasteiger partial charge in [0.2, 0.25) is 0 Å². The third-order valence-corrected chi connectivity index (χ3v) is 1.33. The number of halogens is 1. The summed E-state index contributed by atoms with van der Waals surface area (Å²) in [6.07, 6.45) is 0. The number of nitrogens with two attached hydrogens (primary N) is 1. The van der Waals surface area contributed by atoms with E-state index in [1.807, 2.05) is 0 Å². The zero-order chi connectivity index (χ0) is 6.41. The van der Waals surface area contributed by atoms with Crippen molar-refractivity contribution in [3.63, 3.8) is 0 Å². The molecule has 0 aliphatic rings. The van der Waals surface area contributed by atoms with Gasteiger partial charge in [0.05, 0.1) is 17.6 Å². The molecule has 0 aromatic heterocycles. The maximum atomic E-state index is 8.25. The lowest BCUT2D eigenvalue weighted by Crippen LogP contribution is -2.13. The van der Waals surface area contributed by atoms with Crippen LogP contribution >= 0.6 is 22.6 Å². The summed E-state index contributed by atoms with van der Waals surface area (Å²) in [6, 6.07) is 0. The van der Waals surface area contributed by atoms with Crippen LogP contribution in [0.2, 0.25) is 0 Å². The molecule has 0 atom stereocenters. The molecule has 0 aliphatic heterocycles. The Kier molecular flexibility index (Phi) is 5.41. The van der Waals surface area contributed by atoms with Crippen molar-refractivity contribution in [1.82, 2.24) is 0 Å². The molecule has 0 radical (unpaired) electrons. The molecule has 48 valence electrons. The average molecular weight is 228 g/mol. The highest BCUT2D eigenvalue weighted by atomic mass is 127. The van der Waals surface area contributed by atoms with Gasteiger partial charge in [0, 0.05) is 0 Å². The van der Waals surface area contributed by atoms with E-state index in [1.54, 1.807) is 0 Å². The minimum atomic E-state index is 0.0807. The third kappa shape index (κ3) is 4.32. The van der Waals surface area contributed by atoms with Gasteiger partial charge < -0.3 is 10.8 Å². The molecule has 3 N–H and O–H groups in total. The van der Waals surface area contributed by atoms with E-state index in [9.17, 15) is 0 Å². The summed E-state index contributed by atoms with van der Waals surface area (Å²) in [5.74, 6) is 0.597. The Morgan fingerprint density at radius 3 is 2.75 bits per heavy atom. The maximum absolute atomic E-state index is 8.25. The highest BCUT2D eigenvalue weighted by Crippen LogP contribution is 1.79. The number of rotatable bonds is 3. The fourth-order valence-electron chi connectivity index (χ4n) is 0.236. The van der Waals surface area contributed by atoms with Gasteiger partial charge in [-0.3, -0.25) is 4.99 Å². The van der Waals surface area contributed by atoms with Crippen molar-refractivity contribution in [1.29, 1.82) is 0 Å². The molecular formula is C4H9IN2O. The summed E-state index contributed by atoms with van der Waals surface area (Å²) >= 11 is 2.12. The van der Waals surface area contributed by atoms with Crippen LogP contribution in [0.4, 0.5) is 0 Å². The fraction of sp³-hybridized carbons (Fsp3) is 0.750. The number of aliphatic hydroxyl groups is 1. The summed E-state index contributed by atoms with van der Waals surface area (Å²) in [6.45, 7) is 0.506. The van der Waals surface area contributed by atoms with Gasteiger partial charge in [-0.1, -0.05) is 22.6 Å². The first-order valence-electron chi connectivity index (χ1n) is 2.27. The van der Waals surface area contributed by atoms with Crippen molar-refractivity contribution >= 4 is 28.4 Å². The lowest BCUT2D eigenvalue weighted by molar-refractivity contribution is 0.307. The van der Waals surface area contributed by atoms with E-state index in [0.717, 1.165) is 4.43 Å². The van der Waals surface area contributed by atoms with Crippen molar-refractivity contribution in [3.05, 3.63) is 0 Å². The lowest BCUT2D eigenvalue weighted by atomic mass is 10.6. The molecule has 0 saturated heterocycles. The first kappa shape index (κ1) is 8.16. The SMILES string of the molecule is NC(CI)=NCCO. The molecule has 0 amide bonds. The van der Waals surface area contributed by atoms with Gasteiger partial charge in [-0.25, -0.2) is 0 Å². The van der Waals surface area contributed by atoms with Gasteiger partial charge in [-0.2, -0.15) is 0 Å². The van der Waals surface area contributed by atoms with Crippen molar-refractivity contribution < 1.29 is 5.11 Å². The van der Waals surface area contributed by atoms with Crippen molar-refractivity contribution in [2.75, 3.05) is 17.6 Å². The smallest absolute Gasteiger partial charge is 0.104 e. The number of hydrogen-bond donors (Lipinski definition) is 2. The van der Waals surface area contributed by atoms with Gasteiger partial charge in [0.15, 0.2) is 0 Å². The number of aliphatic imine (C=N–C) groups is 1. The van der Waals surface area contributed by atoms with Crippen LogP contribution in [0.3, 0.4) is 0 Å². The minimum Gasteiger partial charge on any atom is -0.394 e. The zero-order valence-electron chi connectivity index (χ0n) is 4.47. The maximum Gasteiger partial charge on any atom is 0.104 e. The number of nitrogens with zero attached hydrogens (tertiary/aromatic N) is 1. The highest BCUT2D eigenvalue weighted by Gasteiger charge is 1.83. The van der Waals surface area contributed by atoms with Crippen LogP contribution in [-0.4, -0.2) is 28.5 Å². The monoisotopic (exact) mass is 228 g/mol. The zero-order valence-corrected chi connectivity index (χ0v) is 6.63. The lowest BCUT2D eigenvalue weighted by Gasteiger charge is -1.90. The Morgan fingerprint density at radius 1 is 1.75 bits per heavy atom. The van der Waals surface area contributed by atoms with E-state index in [-0.39, 0.29) is 6.61 Å². The van der Waals surface area contributed by atoms with Crippen LogP contribution < -0.4 is 5.73 Å². The fourth-order valence-corrected chi connectivity index (χ4v) is 0.477. The van der Waals surface area contributed by atoms with E-state index in [2.05, 4.69) is 27.6 Å². The molecule has 0 bridgehead atoms. The van der Waals surface area contributed by atoms with Crippen molar-refractivity contribution in [2.24, 2.45) is 10.7 Å². The number of amidine groups is 1. The quantitative estimate of drug-likeness (QED) is 0.303. The van der Waals surface area contributed by atoms with E-state index < -0.39 is 0 Å². The Labute approximate surface area is 62.1 Å². The van der Waals surface area contributed by atoms with Gasteiger partial charge in [0.1, 0.15) is 5.84 Å². The Balaban J connectivity index is 3.26. The van der Waals surface area contributed by atoms with Gasteiger partial charge in [0.25, 0.3) is 0 Å². The van der Waals surface area contributed by atoms with E-state index in [0.29, 0.717) is 12.4 Å². The van der Waals surface area contributed by atoms with Gasteiger partial charge in [-0.15, -0.1) is 0 Å². The number of alkyl halides is 1. The second-order valence-corrected chi connectivity index (χ2v) is 1.99. The number of aliphatic hydroxyl groups excluding tert-OH is 1. The molecule has 0 spiro atoms. The second-order valence-electron chi connectivity index (χ2n) is 1.23. The summed E-state index contributed by atoms with van der Waals surface area (Å²) in [5.41, 5.74) is 5.29. The van der Waals surface area contributed by atoms with Crippen LogP contribution in [0, 0.1) is 0 Å². The standard InChI is InChI=1S/C4H9IN2O/c5-3-4(6)7-1-2-8/h8H,1-3H2,(H2,6,7). The molecule has 4 heteroatoms. The molecule has 3 nitrogen and oxygen atoms in total. The normalized spacial score (nSPS) is 12.0. The van der Waals surface area contributed by atoms with Gasteiger partial charge >= 0.3 is 0 Å². The topological polar surface area (TPSA) is 58.6 Å². The summed E-state index contributed by atoms with van der Waals surface area (Å²) in [5, 5.41) is 8.25. The van der Waals surface area contributed by atoms with Crippen LogP contribution in [0.15, 0.2) is 4.99 Å². The molecule has 0 aliphatic carbocycles. The molecule has 0 aromatic carbocycles. The first-order chi connectivity index (χ1) is 3.81. The third-order valence-electron chi connectivity index (χ3n) is 0.552. The molecule has 0 unspecified atom stereocenters. The van der Waals surface area contributed by atoms with Crippen molar-refractivity contribution in [3.8, 4) is 0 Å². The van der Waals surface area contributed by atoms with Gasteiger partial charge in [-0.05, 0) is 0 Å². The largest absolute Gasteiger partial charge is 0.394 e. The molecular weight excluding hydrogens is 219 g/mol. The summed E-state index contributed by atoms with van der Waals surface area (Å²) in [7, 11) is 0. The van der Waals surface area contributed by atoms with Crippen molar-refractivity contribution in [2.45, 2.75) is 0 Å². The van der Waals surface area contributed by atoms with E-state index in [1.165, 1.54) is 0 Å². The van der Waals surface area contributed by atoms with E-state index >= 15 is 0 Å².